The number of aryl methyl sites for hydroxylation is 2. The lowest BCUT2D eigenvalue weighted by Gasteiger charge is -2.14. The summed E-state index contributed by atoms with van der Waals surface area (Å²) in [6, 6.07) is -1.36. The minimum Gasteiger partial charge on any atom is -0.480 e. The van der Waals surface area contributed by atoms with Gasteiger partial charge in [-0.05, 0) is 28.8 Å². The normalized spacial score (nSPS) is 12.0. The maximum absolute atomic E-state index is 11.8. The van der Waals surface area contributed by atoms with Crippen LogP contribution in [0.4, 0.5) is 4.79 Å². The first-order valence-corrected chi connectivity index (χ1v) is 7.67. The van der Waals surface area contributed by atoms with Gasteiger partial charge in [0.1, 0.15) is 6.04 Å². The van der Waals surface area contributed by atoms with Gasteiger partial charge in [0.2, 0.25) is 0 Å². The molecule has 1 aromatic rings. The molecule has 2 amide bonds. The van der Waals surface area contributed by atoms with E-state index in [4.69, 9.17) is 5.11 Å². The van der Waals surface area contributed by atoms with Crippen LogP contribution in [0.5, 0.6) is 0 Å². The van der Waals surface area contributed by atoms with Gasteiger partial charge in [-0.1, -0.05) is 20.3 Å². The van der Waals surface area contributed by atoms with Crippen molar-refractivity contribution in [2.45, 2.75) is 45.7 Å². The molecule has 118 valence electrons. The standard InChI is InChI=1S/C13H21BrN4O3/c1-4-6-9(12(19)20)16-13(21)15-7-10-11(14)8(5-2)17-18(10)3/h9H,4-7H2,1-3H3,(H,19,20)(H2,15,16,21). The zero-order valence-corrected chi connectivity index (χ0v) is 14.0. The molecule has 0 aromatic carbocycles. The van der Waals surface area contributed by atoms with Crippen LogP contribution in [0.1, 0.15) is 38.1 Å². The first-order valence-electron chi connectivity index (χ1n) is 6.88. The van der Waals surface area contributed by atoms with E-state index < -0.39 is 18.0 Å². The summed E-state index contributed by atoms with van der Waals surface area (Å²) in [6.45, 7) is 4.14. The number of aromatic nitrogens is 2. The third kappa shape index (κ3) is 4.73. The van der Waals surface area contributed by atoms with Crippen molar-refractivity contribution < 1.29 is 14.7 Å². The van der Waals surface area contributed by atoms with Crippen LogP contribution < -0.4 is 10.6 Å². The molecule has 7 nitrogen and oxygen atoms in total. The number of amides is 2. The Balaban J connectivity index is 2.61. The molecule has 0 aliphatic rings. The van der Waals surface area contributed by atoms with Gasteiger partial charge in [-0.25, -0.2) is 9.59 Å². The predicted molar refractivity (Wildman–Crippen MR) is 82.0 cm³/mol. The molecule has 1 heterocycles. The Kier molecular flexibility index (Phi) is 6.67. The van der Waals surface area contributed by atoms with Crippen LogP contribution in [0, 0.1) is 0 Å². The molecule has 1 atom stereocenters. The molecule has 21 heavy (non-hydrogen) atoms. The number of urea groups is 1. The van der Waals surface area contributed by atoms with Crippen molar-refractivity contribution in [3.05, 3.63) is 15.9 Å². The van der Waals surface area contributed by atoms with E-state index in [2.05, 4.69) is 31.7 Å². The summed E-state index contributed by atoms with van der Waals surface area (Å²) in [4.78, 5) is 22.8. The highest BCUT2D eigenvalue weighted by molar-refractivity contribution is 9.10. The number of carbonyl (C=O) groups is 2. The summed E-state index contributed by atoms with van der Waals surface area (Å²) in [5, 5.41) is 18.4. The molecule has 0 aliphatic carbocycles. The summed E-state index contributed by atoms with van der Waals surface area (Å²) in [7, 11) is 1.80. The summed E-state index contributed by atoms with van der Waals surface area (Å²) in [6.07, 6.45) is 1.88. The first-order chi connectivity index (χ1) is 9.90. The number of hydrogen-bond donors (Lipinski definition) is 3. The average molecular weight is 361 g/mol. The maximum atomic E-state index is 11.8. The van der Waals surface area contributed by atoms with Gasteiger partial charge in [0.15, 0.2) is 0 Å². The van der Waals surface area contributed by atoms with Crippen LogP contribution >= 0.6 is 15.9 Å². The van der Waals surface area contributed by atoms with E-state index in [1.807, 2.05) is 13.8 Å². The molecule has 0 saturated heterocycles. The van der Waals surface area contributed by atoms with Gasteiger partial charge in [-0.2, -0.15) is 5.10 Å². The number of rotatable bonds is 7. The molecule has 0 fully saturated rings. The van der Waals surface area contributed by atoms with E-state index >= 15 is 0 Å². The highest BCUT2D eigenvalue weighted by Gasteiger charge is 2.19. The number of carboxylic acids is 1. The van der Waals surface area contributed by atoms with Crippen LogP contribution in [0.2, 0.25) is 0 Å². The molecule has 1 unspecified atom stereocenters. The van der Waals surface area contributed by atoms with Crippen LogP contribution in [-0.2, 0) is 24.8 Å². The molecular weight excluding hydrogens is 340 g/mol. The van der Waals surface area contributed by atoms with Gasteiger partial charge >= 0.3 is 12.0 Å². The van der Waals surface area contributed by atoms with E-state index in [-0.39, 0.29) is 6.54 Å². The van der Waals surface area contributed by atoms with E-state index in [0.29, 0.717) is 12.8 Å². The predicted octanol–water partition coefficient (Wildman–Crippen LogP) is 1.80. The lowest BCUT2D eigenvalue weighted by molar-refractivity contribution is -0.139. The van der Waals surface area contributed by atoms with Crippen LogP contribution in [0.15, 0.2) is 4.47 Å². The van der Waals surface area contributed by atoms with Gasteiger partial charge in [0.05, 0.1) is 22.4 Å². The molecule has 0 bridgehead atoms. The number of halogens is 1. The molecule has 0 aliphatic heterocycles. The number of aliphatic carboxylic acids is 1. The van der Waals surface area contributed by atoms with Crippen LogP contribution in [0.3, 0.4) is 0 Å². The van der Waals surface area contributed by atoms with Crippen molar-refractivity contribution in [3.63, 3.8) is 0 Å². The lowest BCUT2D eigenvalue weighted by atomic mass is 10.2. The fourth-order valence-corrected chi connectivity index (χ4v) is 2.69. The van der Waals surface area contributed by atoms with Gasteiger partial charge in [0, 0.05) is 7.05 Å². The van der Waals surface area contributed by atoms with E-state index in [1.165, 1.54) is 0 Å². The largest absolute Gasteiger partial charge is 0.480 e. The quantitative estimate of drug-likeness (QED) is 0.690. The second kappa shape index (κ2) is 8.02. The Bertz CT molecular complexity index is 516. The third-order valence-corrected chi connectivity index (χ3v) is 4.02. The molecule has 3 N–H and O–H groups in total. The van der Waals surface area contributed by atoms with Crippen molar-refractivity contribution in [1.82, 2.24) is 20.4 Å². The van der Waals surface area contributed by atoms with Gasteiger partial charge < -0.3 is 15.7 Å². The average Bonchev–Trinajstić information content (AvgIpc) is 2.70. The Morgan fingerprint density at radius 1 is 1.43 bits per heavy atom. The second-order valence-corrected chi connectivity index (χ2v) is 5.48. The number of nitrogens with one attached hydrogen (secondary N) is 2. The summed E-state index contributed by atoms with van der Waals surface area (Å²) in [5.74, 6) is -1.03. The first kappa shape index (κ1) is 17.5. The topological polar surface area (TPSA) is 96.3 Å². The summed E-state index contributed by atoms with van der Waals surface area (Å²) < 4.78 is 2.57. The molecule has 0 radical (unpaired) electrons. The van der Waals surface area contributed by atoms with Crippen LogP contribution in [-0.4, -0.2) is 32.9 Å². The van der Waals surface area contributed by atoms with E-state index in [1.54, 1.807) is 11.7 Å². The number of carbonyl (C=O) groups excluding carboxylic acids is 1. The number of hydrogen-bond acceptors (Lipinski definition) is 3. The van der Waals surface area contributed by atoms with E-state index in [9.17, 15) is 9.59 Å². The molecule has 1 rings (SSSR count). The van der Waals surface area contributed by atoms with Crippen molar-refractivity contribution in [3.8, 4) is 0 Å². The Morgan fingerprint density at radius 3 is 2.57 bits per heavy atom. The molecule has 1 aromatic heterocycles. The fraction of sp³-hybridized carbons (Fsp3) is 0.615. The zero-order chi connectivity index (χ0) is 16.0. The number of carboxylic acid groups (broad SMARTS) is 1. The summed E-state index contributed by atoms with van der Waals surface area (Å²) in [5.41, 5.74) is 1.76. The fourth-order valence-electron chi connectivity index (χ4n) is 1.93. The number of nitrogens with zero attached hydrogens (tertiary/aromatic N) is 2. The highest BCUT2D eigenvalue weighted by Crippen LogP contribution is 2.21. The SMILES string of the molecule is CCCC(NC(=O)NCc1c(Br)c(CC)nn1C)C(=O)O. The van der Waals surface area contributed by atoms with Gasteiger partial charge in [-0.15, -0.1) is 0 Å². The second-order valence-electron chi connectivity index (χ2n) is 4.69. The highest BCUT2D eigenvalue weighted by atomic mass is 79.9. The van der Waals surface area contributed by atoms with Crippen molar-refractivity contribution >= 4 is 27.9 Å². The minimum absolute atomic E-state index is 0.272. The van der Waals surface area contributed by atoms with Crippen LogP contribution in [0.25, 0.3) is 0 Å². The Morgan fingerprint density at radius 2 is 2.10 bits per heavy atom. The van der Waals surface area contributed by atoms with Gasteiger partial charge in [-0.3, -0.25) is 4.68 Å². The smallest absolute Gasteiger partial charge is 0.326 e. The van der Waals surface area contributed by atoms with Gasteiger partial charge in [0.25, 0.3) is 0 Å². The van der Waals surface area contributed by atoms with Crippen molar-refractivity contribution in [2.24, 2.45) is 7.05 Å². The molecular formula is C13H21BrN4O3. The summed E-state index contributed by atoms with van der Waals surface area (Å²) >= 11 is 3.46. The Labute approximate surface area is 132 Å². The molecule has 0 spiro atoms. The minimum atomic E-state index is -1.03. The van der Waals surface area contributed by atoms with Crippen molar-refractivity contribution in [1.29, 1.82) is 0 Å². The van der Waals surface area contributed by atoms with E-state index in [0.717, 1.165) is 22.3 Å². The molecule has 8 heteroatoms. The molecule has 0 saturated carbocycles. The van der Waals surface area contributed by atoms with Crippen molar-refractivity contribution in [2.75, 3.05) is 0 Å². The Hall–Kier alpha value is -1.57. The third-order valence-electron chi connectivity index (χ3n) is 3.10. The maximum Gasteiger partial charge on any atom is 0.326 e. The monoisotopic (exact) mass is 360 g/mol. The zero-order valence-electron chi connectivity index (χ0n) is 12.4. The lowest BCUT2D eigenvalue weighted by Crippen LogP contribution is -2.45.